The van der Waals surface area contributed by atoms with Crippen molar-refractivity contribution < 1.29 is 14.0 Å². The first kappa shape index (κ1) is 13.2. The molecule has 0 spiro atoms. The van der Waals surface area contributed by atoms with Gasteiger partial charge in [0.25, 0.3) is 5.91 Å². The average Bonchev–Trinajstić information content (AvgIpc) is 2.97. The maximum atomic E-state index is 12.1. The topological polar surface area (TPSA) is 62.6 Å². The number of hydrogen-bond acceptors (Lipinski definition) is 3. The Bertz CT molecular complexity index is 489. The molecule has 1 aromatic rings. The Balaban J connectivity index is 1.47. The van der Waals surface area contributed by atoms with Gasteiger partial charge in [0.1, 0.15) is 6.26 Å². The molecule has 2 fully saturated rings. The molecule has 5 nitrogen and oxygen atoms in total. The van der Waals surface area contributed by atoms with Crippen LogP contribution in [0, 0.1) is 11.8 Å². The second-order valence-electron chi connectivity index (χ2n) is 5.91. The van der Waals surface area contributed by atoms with E-state index in [0.29, 0.717) is 24.6 Å². The molecule has 1 aliphatic heterocycles. The number of carbonyl (C=O) groups is 2. The molecular weight excluding hydrogens is 256 g/mol. The summed E-state index contributed by atoms with van der Waals surface area (Å²) in [6, 6.07) is 1.90. The third-order valence-electron chi connectivity index (χ3n) is 4.34. The first-order valence-corrected chi connectivity index (χ1v) is 7.27. The zero-order chi connectivity index (χ0) is 14.1. The molecule has 2 heterocycles. The highest BCUT2D eigenvalue weighted by atomic mass is 16.3. The summed E-state index contributed by atoms with van der Waals surface area (Å²) in [7, 11) is 0. The second-order valence-corrected chi connectivity index (χ2v) is 5.91. The molecule has 0 unspecified atom stereocenters. The van der Waals surface area contributed by atoms with Crippen molar-refractivity contribution in [3.63, 3.8) is 0 Å². The van der Waals surface area contributed by atoms with E-state index in [1.54, 1.807) is 6.07 Å². The van der Waals surface area contributed by atoms with Crippen molar-refractivity contribution in [2.24, 2.45) is 11.8 Å². The van der Waals surface area contributed by atoms with Gasteiger partial charge in [-0.1, -0.05) is 6.92 Å². The Morgan fingerprint density at radius 3 is 2.60 bits per heavy atom. The van der Waals surface area contributed by atoms with E-state index in [0.717, 1.165) is 19.3 Å². The van der Waals surface area contributed by atoms with Crippen LogP contribution < -0.4 is 5.32 Å². The van der Waals surface area contributed by atoms with Gasteiger partial charge in [-0.2, -0.15) is 0 Å². The standard InChI is InChI=1S/C15H20N2O3/c1-10-8-13(10)14(18)16-12-2-5-17(6-3-12)15(19)11-4-7-20-9-11/h4,7,9-10,12-13H,2-3,5-6,8H2,1H3,(H,16,18)/t10-,13+/m0/s1. The molecule has 2 atom stereocenters. The van der Waals surface area contributed by atoms with Crippen molar-refractivity contribution in [2.45, 2.75) is 32.2 Å². The van der Waals surface area contributed by atoms with Crippen molar-refractivity contribution in [3.8, 4) is 0 Å². The molecule has 1 N–H and O–H groups in total. The largest absolute Gasteiger partial charge is 0.472 e. The lowest BCUT2D eigenvalue weighted by Gasteiger charge is -2.32. The van der Waals surface area contributed by atoms with Crippen molar-refractivity contribution in [1.29, 1.82) is 0 Å². The summed E-state index contributed by atoms with van der Waals surface area (Å²) in [6.07, 6.45) is 5.66. The van der Waals surface area contributed by atoms with Crippen LogP contribution in [0.2, 0.25) is 0 Å². The van der Waals surface area contributed by atoms with Crippen LogP contribution in [0.15, 0.2) is 23.0 Å². The van der Waals surface area contributed by atoms with Crippen LogP contribution in [0.3, 0.4) is 0 Å². The molecule has 1 saturated heterocycles. The molecule has 108 valence electrons. The fourth-order valence-electron chi connectivity index (χ4n) is 2.79. The Morgan fingerprint density at radius 2 is 2.05 bits per heavy atom. The van der Waals surface area contributed by atoms with Gasteiger partial charge in [-0.3, -0.25) is 9.59 Å². The lowest BCUT2D eigenvalue weighted by Crippen LogP contribution is -2.47. The lowest BCUT2D eigenvalue weighted by molar-refractivity contribution is -0.123. The molecule has 5 heteroatoms. The number of hydrogen-bond donors (Lipinski definition) is 1. The van der Waals surface area contributed by atoms with Crippen LogP contribution in [-0.4, -0.2) is 35.8 Å². The van der Waals surface area contributed by atoms with Crippen LogP contribution in [0.1, 0.15) is 36.5 Å². The quantitative estimate of drug-likeness (QED) is 0.913. The number of nitrogens with zero attached hydrogens (tertiary/aromatic N) is 1. The van der Waals surface area contributed by atoms with Gasteiger partial charge in [0.05, 0.1) is 11.8 Å². The SMILES string of the molecule is C[C@H]1C[C@H]1C(=O)NC1CCN(C(=O)c2ccoc2)CC1. The summed E-state index contributed by atoms with van der Waals surface area (Å²) in [4.78, 5) is 25.8. The predicted molar refractivity (Wildman–Crippen MR) is 73.0 cm³/mol. The summed E-state index contributed by atoms with van der Waals surface area (Å²) in [5, 5.41) is 3.11. The van der Waals surface area contributed by atoms with E-state index < -0.39 is 0 Å². The molecule has 3 rings (SSSR count). The Morgan fingerprint density at radius 1 is 1.35 bits per heavy atom. The number of amides is 2. The van der Waals surface area contributed by atoms with E-state index in [1.165, 1.54) is 12.5 Å². The van der Waals surface area contributed by atoms with E-state index in [2.05, 4.69) is 12.2 Å². The first-order chi connectivity index (χ1) is 9.65. The van der Waals surface area contributed by atoms with Gasteiger partial charge in [-0.15, -0.1) is 0 Å². The number of carbonyl (C=O) groups excluding carboxylic acids is 2. The highest BCUT2D eigenvalue weighted by Gasteiger charge is 2.40. The van der Waals surface area contributed by atoms with Gasteiger partial charge in [0, 0.05) is 25.0 Å². The zero-order valence-corrected chi connectivity index (χ0v) is 11.7. The van der Waals surface area contributed by atoms with Crippen LogP contribution in [-0.2, 0) is 4.79 Å². The minimum atomic E-state index is 0.0133. The molecule has 2 amide bonds. The first-order valence-electron chi connectivity index (χ1n) is 7.27. The van der Waals surface area contributed by atoms with Gasteiger partial charge in [-0.05, 0) is 31.2 Å². The van der Waals surface area contributed by atoms with E-state index in [9.17, 15) is 9.59 Å². The Hall–Kier alpha value is -1.78. The Labute approximate surface area is 118 Å². The van der Waals surface area contributed by atoms with E-state index >= 15 is 0 Å². The third kappa shape index (κ3) is 2.71. The van der Waals surface area contributed by atoms with Crippen LogP contribution in [0.4, 0.5) is 0 Å². The summed E-state index contributed by atoms with van der Waals surface area (Å²) < 4.78 is 4.94. The second kappa shape index (κ2) is 5.31. The lowest BCUT2D eigenvalue weighted by atomic mass is 10.0. The van der Waals surface area contributed by atoms with Crippen molar-refractivity contribution >= 4 is 11.8 Å². The molecule has 2 aliphatic rings. The van der Waals surface area contributed by atoms with E-state index in [1.807, 2.05) is 4.90 Å². The Kier molecular flexibility index (Phi) is 3.51. The number of nitrogens with one attached hydrogen (secondary N) is 1. The van der Waals surface area contributed by atoms with Gasteiger partial charge in [-0.25, -0.2) is 0 Å². The van der Waals surface area contributed by atoms with E-state index in [4.69, 9.17) is 4.42 Å². The van der Waals surface area contributed by atoms with Crippen LogP contribution in [0.25, 0.3) is 0 Å². The summed E-state index contributed by atoms with van der Waals surface area (Å²) >= 11 is 0. The third-order valence-corrected chi connectivity index (χ3v) is 4.34. The zero-order valence-electron chi connectivity index (χ0n) is 11.7. The number of rotatable bonds is 3. The van der Waals surface area contributed by atoms with Gasteiger partial charge in [0.2, 0.25) is 5.91 Å². The molecule has 1 aromatic heterocycles. The maximum absolute atomic E-state index is 12.1. The van der Waals surface area contributed by atoms with Crippen molar-refractivity contribution in [2.75, 3.05) is 13.1 Å². The van der Waals surface area contributed by atoms with Gasteiger partial charge < -0.3 is 14.6 Å². The maximum Gasteiger partial charge on any atom is 0.257 e. The van der Waals surface area contributed by atoms with Crippen molar-refractivity contribution in [1.82, 2.24) is 10.2 Å². The normalized spacial score (nSPS) is 26.4. The fraction of sp³-hybridized carbons (Fsp3) is 0.600. The highest BCUT2D eigenvalue weighted by Crippen LogP contribution is 2.37. The number of piperidine rings is 1. The average molecular weight is 276 g/mol. The smallest absolute Gasteiger partial charge is 0.257 e. The van der Waals surface area contributed by atoms with Crippen LogP contribution in [0.5, 0.6) is 0 Å². The molecule has 1 aliphatic carbocycles. The molecule has 0 aromatic carbocycles. The fourth-order valence-corrected chi connectivity index (χ4v) is 2.79. The van der Waals surface area contributed by atoms with Gasteiger partial charge >= 0.3 is 0 Å². The van der Waals surface area contributed by atoms with E-state index in [-0.39, 0.29) is 23.8 Å². The summed E-state index contributed by atoms with van der Waals surface area (Å²) in [6.45, 7) is 3.49. The number of likely N-dealkylation sites (tertiary alicyclic amines) is 1. The molecule has 0 radical (unpaired) electrons. The molecule has 20 heavy (non-hydrogen) atoms. The van der Waals surface area contributed by atoms with Crippen LogP contribution >= 0.6 is 0 Å². The summed E-state index contributed by atoms with van der Waals surface area (Å²) in [5.74, 6) is 0.967. The minimum absolute atomic E-state index is 0.0133. The van der Waals surface area contributed by atoms with Crippen molar-refractivity contribution in [3.05, 3.63) is 24.2 Å². The highest BCUT2D eigenvalue weighted by molar-refractivity contribution is 5.93. The monoisotopic (exact) mass is 276 g/mol. The molecular formula is C15H20N2O3. The number of furan rings is 1. The minimum Gasteiger partial charge on any atom is -0.472 e. The molecule has 0 bridgehead atoms. The summed E-state index contributed by atoms with van der Waals surface area (Å²) in [5.41, 5.74) is 0.597. The van der Waals surface area contributed by atoms with Gasteiger partial charge in [0.15, 0.2) is 0 Å². The predicted octanol–water partition coefficient (Wildman–Crippen LogP) is 1.66. The molecule has 1 saturated carbocycles.